The van der Waals surface area contributed by atoms with Gasteiger partial charge in [-0.2, -0.15) is 0 Å². The SMILES string of the molecule is CCCNS(=O)(=O)c1cn(C)c(C(O)Nc2ccnc(Cl)c2)c1Cl. The number of aliphatic hydroxyl groups is 1. The van der Waals surface area contributed by atoms with Gasteiger partial charge in [-0.05, 0) is 18.6 Å². The van der Waals surface area contributed by atoms with E-state index in [0.717, 1.165) is 0 Å². The zero-order valence-electron chi connectivity index (χ0n) is 13.1. The number of halogens is 2. The summed E-state index contributed by atoms with van der Waals surface area (Å²) in [6.45, 7) is 2.16. The fraction of sp³-hybridized carbons (Fsp3) is 0.357. The molecule has 24 heavy (non-hydrogen) atoms. The van der Waals surface area contributed by atoms with E-state index in [1.807, 2.05) is 6.92 Å². The Labute approximate surface area is 150 Å². The molecule has 2 rings (SSSR count). The number of hydrogen-bond donors (Lipinski definition) is 3. The molecule has 10 heteroatoms. The van der Waals surface area contributed by atoms with Gasteiger partial charge in [0.25, 0.3) is 0 Å². The van der Waals surface area contributed by atoms with Crippen molar-refractivity contribution in [1.29, 1.82) is 0 Å². The molecule has 132 valence electrons. The zero-order valence-corrected chi connectivity index (χ0v) is 15.5. The summed E-state index contributed by atoms with van der Waals surface area (Å²) < 4.78 is 28.4. The summed E-state index contributed by atoms with van der Waals surface area (Å²) in [6.07, 6.45) is 2.27. The van der Waals surface area contributed by atoms with Crippen LogP contribution in [0.4, 0.5) is 5.69 Å². The quantitative estimate of drug-likeness (QED) is 0.496. The summed E-state index contributed by atoms with van der Waals surface area (Å²) in [5.41, 5.74) is 0.745. The van der Waals surface area contributed by atoms with Crippen LogP contribution in [-0.4, -0.2) is 29.6 Å². The first-order chi connectivity index (χ1) is 11.3. The molecule has 2 aromatic rings. The number of nitrogens with zero attached hydrogens (tertiary/aromatic N) is 2. The Kier molecular flexibility index (Phi) is 6.11. The van der Waals surface area contributed by atoms with E-state index in [2.05, 4.69) is 15.0 Å². The van der Waals surface area contributed by atoms with Crippen molar-refractivity contribution in [1.82, 2.24) is 14.3 Å². The number of rotatable bonds is 7. The monoisotopic (exact) mass is 392 g/mol. The van der Waals surface area contributed by atoms with E-state index in [4.69, 9.17) is 23.2 Å². The van der Waals surface area contributed by atoms with Crippen molar-refractivity contribution in [2.45, 2.75) is 24.5 Å². The number of aliphatic hydroxyl groups excluding tert-OH is 1. The first kappa shape index (κ1) is 19.0. The van der Waals surface area contributed by atoms with E-state index in [1.165, 1.54) is 23.0 Å². The van der Waals surface area contributed by atoms with E-state index < -0.39 is 16.3 Å². The van der Waals surface area contributed by atoms with Gasteiger partial charge in [0.1, 0.15) is 10.0 Å². The highest BCUT2D eigenvalue weighted by Crippen LogP contribution is 2.32. The van der Waals surface area contributed by atoms with Crippen LogP contribution in [0.2, 0.25) is 10.2 Å². The molecule has 0 bridgehead atoms. The summed E-state index contributed by atoms with van der Waals surface area (Å²) in [4.78, 5) is 3.76. The third kappa shape index (κ3) is 4.20. The number of sulfonamides is 1. The van der Waals surface area contributed by atoms with Crippen LogP contribution in [0.15, 0.2) is 29.4 Å². The van der Waals surface area contributed by atoms with E-state index in [9.17, 15) is 13.5 Å². The van der Waals surface area contributed by atoms with Crippen molar-refractivity contribution in [3.63, 3.8) is 0 Å². The van der Waals surface area contributed by atoms with Gasteiger partial charge in [0.2, 0.25) is 10.0 Å². The number of pyridine rings is 1. The van der Waals surface area contributed by atoms with Crippen LogP contribution in [-0.2, 0) is 17.1 Å². The Morgan fingerprint density at radius 1 is 1.42 bits per heavy atom. The van der Waals surface area contributed by atoms with Crippen molar-refractivity contribution in [2.75, 3.05) is 11.9 Å². The second-order valence-corrected chi connectivity index (χ2v) is 7.62. The van der Waals surface area contributed by atoms with Gasteiger partial charge in [0.15, 0.2) is 6.23 Å². The van der Waals surface area contributed by atoms with Crippen molar-refractivity contribution >= 4 is 38.9 Å². The predicted molar refractivity (Wildman–Crippen MR) is 93.7 cm³/mol. The number of aromatic nitrogens is 2. The average molecular weight is 393 g/mol. The molecule has 0 saturated heterocycles. The van der Waals surface area contributed by atoms with Crippen LogP contribution < -0.4 is 10.0 Å². The van der Waals surface area contributed by atoms with Crippen molar-refractivity contribution in [3.05, 3.63) is 40.4 Å². The van der Waals surface area contributed by atoms with Crippen LogP contribution in [0.25, 0.3) is 0 Å². The summed E-state index contributed by atoms with van der Waals surface area (Å²) in [5, 5.41) is 13.4. The van der Waals surface area contributed by atoms with E-state index in [1.54, 1.807) is 13.1 Å². The van der Waals surface area contributed by atoms with Crippen LogP contribution in [0.1, 0.15) is 25.3 Å². The van der Waals surface area contributed by atoms with E-state index >= 15 is 0 Å². The largest absolute Gasteiger partial charge is 0.368 e. The maximum absolute atomic E-state index is 12.3. The van der Waals surface area contributed by atoms with Gasteiger partial charge in [-0.25, -0.2) is 18.1 Å². The van der Waals surface area contributed by atoms with Gasteiger partial charge in [0.05, 0.1) is 10.7 Å². The number of anilines is 1. The summed E-state index contributed by atoms with van der Waals surface area (Å²) in [7, 11) is -2.14. The Hall–Kier alpha value is -1.32. The van der Waals surface area contributed by atoms with Crippen molar-refractivity contribution in [2.24, 2.45) is 7.05 Å². The molecule has 2 aromatic heterocycles. The van der Waals surface area contributed by atoms with Crippen molar-refractivity contribution < 1.29 is 13.5 Å². The highest BCUT2D eigenvalue weighted by atomic mass is 35.5. The van der Waals surface area contributed by atoms with Crippen LogP contribution in [0.5, 0.6) is 0 Å². The molecule has 0 aliphatic rings. The standard InChI is InChI=1S/C14H18Cl2N4O3S/c1-3-5-18-24(22,23)10-8-20(2)13(12(10)16)14(21)19-9-4-6-17-11(15)7-9/h4,6-8,14,18,21H,3,5H2,1-2H3,(H,17,19). The van der Waals surface area contributed by atoms with Crippen LogP contribution in [0.3, 0.4) is 0 Å². The van der Waals surface area contributed by atoms with Crippen molar-refractivity contribution in [3.8, 4) is 0 Å². The Morgan fingerprint density at radius 3 is 2.75 bits per heavy atom. The first-order valence-electron chi connectivity index (χ1n) is 7.16. The molecule has 0 aliphatic carbocycles. The van der Waals surface area contributed by atoms with Gasteiger partial charge >= 0.3 is 0 Å². The Bertz CT molecular complexity index is 823. The molecule has 0 radical (unpaired) electrons. The number of hydrogen-bond acceptors (Lipinski definition) is 5. The van der Waals surface area contributed by atoms with E-state index in [0.29, 0.717) is 18.7 Å². The molecule has 0 saturated carbocycles. The topological polar surface area (TPSA) is 96.2 Å². The maximum atomic E-state index is 12.3. The molecule has 2 heterocycles. The molecule has 0 fully saturated rings. The molecule has 0 spiro atoms. The molecule has 0 amide bonds. The molecule has 0 aromatic carbocycles. The smallest absolute Gasteiger partial charge is 0.243 e. The highest BCUT2D eigenvalue weighted by Gasteiger charge is 2.26. The highest BCUT2D eigenvalue weighted by molar-refractivity contribution is 7.89. The minimum absolute atomic E-state index is 0.0405. The normalized spacial score (nSPS) is 13.0. The third-order valence-electron chi connectivity index (χ3n) is 3.25. The molecule has 7 nitrogen and oxygen atoms in total. The summed E-state index contributed by atoms with van der Waals surface area (Å²) >= 11 is 12.0. The lowest BCUT2D eigenvalue weighted by atomic mass is 10.3. The fourth-order valence-corrected chi connectivity index (χ4v) is 4.15. The Balaban J connectivity index is 2.31. The molecular weight excluding hydrogens is 375 g/mol. The fourth-order valence-electron chi connectivity index (χ4n) is 2.12. The second-order valence-electron chi connectivity index (χ2n) is 5.12. The zero-order chi connectivity index (χ0) is 17.9. The lowest BCUT2D eigenvalue weighted by Crippen LogP contribution is -2.24. The second kappa shape index (κ2) is 7.71. The Morgan fingerprint density at radius 2 is 2.12 bits per heavy atom. The predicted octanol–water partition coefficient (Wildman–Crippen LogP) is 2.52. The number of nitrogens with one attached hydrogen (secondary N) is 2. The van der Waals surface area contributed by atoms with Crippen LogP contribution >= 0.6 is 23.2 Å². The van der Waals surface area contributed by atoms with Gasteiger partial charge in [-0.1, -0.05) is 30.1 Å². The number of aryl methyl sites for hydroxylation is 1. The first-order valence-corrected chi connectivity index (χ1v) is 9.40. The lowest BCUT2D eigenvalue weighted by molar-refractivity contribution is 0.199. The average Bonchev–Trinajstić information content (AvgIpc) is 2.81. The molecule has 1 unspecified atom stereocenters. The minimum Gasteiger partial charge on any atom is -0.368 e. The molecular formula is C14H18Cl2N4O3S. The summed E-state index contributed by atoms with van der Waals surface area (Å²) in [5.74, 6) is 0. The minimum atomic E-state index is -3.74. The summed E-state index contributed by atoms with van der Waals surface area (Å²) in [6, 6.07) is 3.15. The van der Waals surface area contributed by atoms with Gasteiger partial charge < -0.3 is 15.0 Å². The maximum Gasteiger partial charge on any atom is 0.243 e. The third-order valence-corrected chi connectivity index (χ3v) is 5.44. The van der Waals surface area contributed by atoms with E-state index in [-0.39, 0.29) is 20.8 Å². The van der Waals surface area contributed by atoms with Gasteiger partial charge in [-0.15, -0.1) is 0 Å². The van der Waals surface area contributed by atoms with Gasteiger partial charge in [-0.3, -0.25) is 0 Å². The van der Waals surface area contributed by atoms with Gasteiger partial charge in [0, 0.05) is 31.7 Å². The molecule has 3 N–H and O–H groups in total. The molecule has 0 aliphatic heterocycles. The molecule has 1 atom stereocenters. The van der Waals surface area contributed by atoms with Crippen LogP contribution in [0, 0.1) is 0 Å². The lowest BCUT2D eigenvalue weighted by Gasteiger charge is -2.16.